The Morgan fingerprint density at radius 3 is 2.48 bits per heavy atom. The molecule has 1 aliphatic heterocycles. The highest BCUT2D eigenvalue weighted by molar-refractivity contribution is 7.92. The number of carbonyl (C=O) groups excluding carboxylic acids is 1. The number of anilines is 2. The second kappa shape index (κ2) is 7.00. The molecule has 1 fully saturated rings. The van der Waals surface area contributed by atoms with Crippen LogP contribution in [0.3, 0.4) is 0 Å². The van der Waals surface area contributed by atoms with Crippen molar-refractivity contribution in [1.29, 1.82) is 0 Å². The van der Waals surface area contributed by atoms with E-state index in [9.17, 15) is 13.2 Å². The lowest BCUT2D eigenvalue weighted by atomic mass is 10.1. The van der Waals surface area contributed by atoms with Crippen molar-refractivity contribution in [3.8, 4) is 0 Å². The average Bonchev–Trinajstić information content (AvgIpc) is 3.31. The molecular weight excluding hydrogens is 360 g/mol. The molecule has 1 heterocycles. The molecule has 1 saturated carbocycles. The van der Waals surface area contributed by atoms with E-state index in [0.717, 1.165) is 48.9 Å². The van der Waals surface area contributed by atoms with Gasteiger partial charge in [0, 0.05) is 18.2 Å². The molecular formula is C21H24N2O3S. The first kappa shape index (κ1) is 18.0. The van der Waals surface area contributed by atoms with Crippen LogP contribution in [0.15, 0.2) is 47.4 Å². The Morgan fingerprint density at radius 1 is 1.07 bits per heavy atom. The molecule has 4 rings (SSSR count). The maximum atomic E-state index is 12.8. The van der Waals surface area contributed by atoms with E-state index in [0.29, 0.717) is 12.2 Å². The zero-order valence-electron chi connectivity index (χ0n) is 15.4. The van der Waals surface area contributed by atoms with Crippen molar-refractivity contribution in [1.82, 2.24) is 0 Å². The smallest absolute Gasteiger partial charge is 0.261 e. The summed E-state index contributed by atoms with van der Waals surface area (Å²) in [6.07, 6.45) is 4.98. The van der Waals surface area contributed by atoms with E-state index in [2.05, 4.69) is 4.72 Å². The summed E-state index contributed by atoms with van der Waals surface area (Å²) in [5.74, 6) is 0.300. The number of fused-ring (bicyclic) bond motifs is 1. The molecule has 2 aliphatic rings. The SMILES string of the molecule is Cc1ccc(S(=O)(=O)Nc2ccc3c(c2)N(C(=O)C2CCCC2)CC3)cc1. The Kier molecular flexibility index (Phi) is 4.68. The molecule has 27 heavy (non-hydrogen) atoms. The van der Waals surface area contributed by atoms with Gasteiger partial charge in [0.05, 0.1) is 10.6 Å². The highest BCUT2D eigenvalue weighted by Gasteiger charge is 2.32. The Balaban J connectivity index is 1.58. The number of amides is 1. The summed E-state index contributed by atoms with van der Waals surface area (Å²) in [6, 6.07) is 12.2. The molecule has 0 radical (unpaired) electrons. The van der Waals surface area contributed by atoms with Gasteiger partial charge in [-0.25, -0.2) is 8.42 Å². The summed E-state index contributed by atoms with van der Waals surface area (Å²) in [7, 11) is -3.65. The number of hydrogen-bond acceptors (Lipinski definition) is 3. The number of nitrogens with one attached hydrogen (secondary N) is 1. The predicted octanol–water partition coefficient (Wildman–Crippen LogP) is 3.88. The van der Waals surface area contributed by atoms with Crippen LogP contribution in [0.1, 0.15) is 36.8 Å². The van der Waals surface area contributed by atoms with Crippen LogP contribution in [0.5, 0.6) is 0 Å². The van der Waals surface area contributed by atoms with Gasteiger partial charge in [-0.3, -0.25) is 9.52 Å². The molecule has 5 nitrogen and oxygen atoms in total. The number of rotatable bonds is 4. The van der Waals surface area contributed by atoms with Crippen LogP contribution >= 0.6 is 0 Å². The molecule has 0 aromatic heterocycles. The van der Waals surface area contributed by atoms with Crippen molar-refractivity contribution < 1.29 is 13.2 Å². The number of carbonyl (C=O) groups is 1. The fourth-order valence-corrected chi connectivity index (χ4v) is 5.05. The zero-order valence-corrected chi connectivity index (χ0v) is 16.3. The topological polar surface area (TPSA) is 66.5 Å². The standard InChI is InChI=1S/C21H24N2O3S/c1-15-6-10-19(11-7-15)27(25,26)22-18-9-8-16-12-13-23(20(16)14-18)21(24)17-4-2-3-5-17/h6-11,14,17,22H,2-5,12-13H2,1H3. The van der Waals surface area contributed by atoms with Gasteiger partial charge in [-0.05, 0) is 56.0 Å². The van der Waals surface area contributed by atoms with E-state index in [4.69, 9.17) is 0 Å². The molecule has 1 N–H and O–H groups in total. The van der Waals surface area contributed by atoms with Gasteiger partial charge in [-0.2, -0.15) is 0 Å². The second-order valence-corrected chi connectivity index (χ2v) is 9.17. The van der Waals surface area contributed by atoms with E-state index in [1.807, 2.05) is 17.9 Å². The van der Waals surface area contributed by atoms with Crippen molar-refractivity contribution in [3.63, 3.8) is 0 Å². The number of benzene rings is 2. The molecule has 0 spiro atoms. The second-order valence-electron chi connectivity index (χ2n) is 7.48. The molecule has 1 amide bonds. The summed E-state index contributed by atoms with van der Waals surface area (Å²) < 4.78 is 27.9. The quantitative estimate of drug-likeness (QED) is 0.870. The fraction of sp³-hybridized carbons (Fsp3) is 0.381. The van der Waals surface area contributed by atoms with Gasteiger partial charge in [0.2, 0.25) is 5.91 Å². The van der Waals surface area contributed by atoms with Crippen LogP contribution in [0.2, 0.25) is 0 Å². The Bertz CT molecular complexity index is 961. The van der Waals surface area contributed by atoms with Crippen LogP contribution < -0.4 is 9.62 Å². The first-order chi connectivity index (χ1) is 12.9. The third-order valence-corrected chi connectivity index (χ3v) is 6.93. The molecule has 2 aromatic carbocycles. The first-order valence-electron chi connectivity index (χ1n) is 9.48. The summed E-state index contributed by atoms with van der Waals surface area (Å²) in [5, 5.41) is 0. The van der Waals surface area contributed by atoms with Crippen molar-refractivity contribution >= 4 is 27.3 Å². The van der Waals surface area contributed by atoms with E-state index < -0.39 is 10.0 Å². The van der Waals surface area contributed by atoms with E-state index in [-0.39, 0.29) is 16.7 Å². The van der Waals surface area contributed by atoms with Crippen molar-refractivity contribution in [2.45, 2.75) is 43.9 Å². The predicted molar refractivity (Wildman–Crippen MR) is 106 cm³/mol. The Labute approximate surface area is 160 Å². The highest BCUT2D eigenvalue weighted by atomic mass is 32.2. The number of hydrogen-bond donors (Lipinski definition) is 1. The Morgan fingerprint density at radius 2 is 1.78 bits per heavy atom. The molecule has 0 bridgehead atoms. The van der Waals surface area contributed by atoms with E-state index >= 15 is 0 Å². The van der Waals surface area contributed by atoms with Gasteiger partial charge in [-0.15, -0.1) is 0 Å². The van der Waals surface area contributed by atoms with Crippen molar-refractivity contribution in [2.24, 2.45) is 5.92 Å². The van der Waals surface area contributed by atoms with Crippen LogP contribution in [0, 0.1) is 12.8 Å². The minimum Gasteiger partial charge on any atom is -0.312 e. The molecule has 142 valence electrons. The molecule has 0 saturated heterocycles. The molecule has 6 heteroatoms. The van der Waals surface area contributed by atoms with E-state index in [1.54, 1.807) is 36.4 Å². The number of aryl methyl sites for hydroxylation is 1. The van der Waals surface area contributed by atoms with Gasteiger partial charge in [0.15, 0.2) is 0 Å². The van der Waals surface area contributed by atoms with Gasteiger partial charge in [-0.1, -0.05) is 36.6 Å². The molecule has 0 atom stereocenters. The zero-order chi connectivity index (χ0) is 19.0. The molecule has 0 unspecified atom stereocenters. The van der Waals surface area contributed by atoms with Crippen LogP contribution in [0.25, 0.3) is 0 Å². The minimum absolute atomic E-state index is 0.115. The lowest BCUT2D eigenvalue weighted by molar-refractivity contribution is -0.122. The lowest BCUT2D eigenvalue weighted by Crippen LogP contribution is -2.33. The summed E-state index contributed by atoms with van der Waals surface area (Å²) in [4.78, 5) is 14.9. The molecule has 1 aliphatic carbocycles. The monoisotopic (exact) mass is 384 g/mol. The summed E-state index contributed by atoms with van der Waals surface area (Å²) in [6.45, 7) is 2.60. The number of nitrogens with zero attached hydrogens (tertiary/aromatic N) is 1. The van der Waals surface area contributed by atoms with Gasteiger partial charge in [0.1, 0.15) is 0 Å². The van der Waals surface area contributed by atoms with Crippen LogP contribution in [0.4, 0.5) is 11.4 Å². The Hall–Kier alpha value is -2.34. The summed E-state index contributed by atoms with van der Waals surface area (Å²) in [5.41, 5.74) is 3.43. The van der Waals surface area contributed by atoms with Gasteiger partial charge >= 0.3 is 0 Å². The summed E-state index contributed by atoms with van der Waals surface area (Å²) >= 11 is 0. The minimum atomic E-state index is -3.65. The maximum Gasteiger partial charge on any atom is 0.261 e. The highest BCUT2D eigenvalue weighted by Crippen LogP contribution is 2.35. The fourth-order valence-electron chi connectivity index (χ4n) is 4.00. The largest absolute Gasteiger partial charge is 0.312 e. The van der Waals surface area contributed by atoms with Gasteiger partial charge < -0.3 is 4.90 Å². The van der Waals surface area contributed by atoms with E-state index in [1.165, 1.54) is 0 Å². The normalized spacial score (nSPS) is 17.1. The van der Waals surface area contributed by atoms with Gasteiger partial charge in [0.25, 0.3) is 10.0 Å². The third-order valence-electron chi connectivity index (χ3n) is 5.53. The lowest BCUT2D eigenvalue weighted by Gasteiger charge is -2.21. The average molecular weight is 385 g/mol. The van der Waals surface area contributed by atoms with Crippen molar-refractivity contribution in [2.75, 3.05) is 16.2 Å². The van der Waals surface area contributed by atoms with Crippen LogP contribution in [-0.4, -0.2) is 20.9 Å². The molecule has 2 aromatic rings. The first-order valence-corrected chi connectivity index (χ1v) is 11.0. The van der Waals surface area contributed by atoms with Crippen molar-refractivity contribution in [3.05, 3.63) is 53.6 Å². The third kappa shape index (κ3) is 3.58. The van der Waals surface area contributed by atoms with Crippen LogP contribution in [-0.2, 0) is 21.2 Å². The maximum absolute atomic E-state index is 12.8. The number of sulfonamides is 1.